The second-order valence-electron chi connectivity index (χ2n) is 6.99. The van der Waals surface area contributed by atoms with E-state index in [1.54, 1.807) is 0 Å². The topological polar surface area (TPSA) is 3.24 Å². The molecule has 1 nitrogen and oxygen atoms in total. The number of nitrogens with zero attached hydrogens (tertiary/aromatic N) is 1. The van der Waals surface area contributed by atoms with Crippen LogP contribution in [0.5, 0.6) is 0 Å². The van der Waals surface area contributed by atoms with Crippen molar-refractivity contribution in [3.8, 4) is 0 Å². The lowest BCUT2D eigenvalue weighted by molar-refractivity contribution is -0.0344. The van der Waals surface area contributed by atoms with Crippen molar-refractivity contribution in [2.75, 3.05) is 13.1 Å². The molecule has 1 saturated heterocycles. The monoisotopic (exact) mass is 237 g/mol. The van der Waals surface area contributed by atoms with Crippen LogP contribution in [-0.2, 0) is 0 Å². The molecule has 2 unspecified atom stereocenters. The van der Waals surface area contributed by atoms with Gasteiger partial charge in [-0.3, -0.25) is 4.90 Å². The summed E-state index contributed by atoms with van der Waals surface area (Å²) in [6.45, 7) is 12.5. The van der Waals surface area contributed by atoms with Crippen LogP contribution in [0.4, 0.5) is 0 Å². The molecule has 1 heterocycles. The molecule has 2 aliphatic rings. The molecule has 0 N–H and O–H groups in total. The van der Waals surface area contributed by atoms with Crippen LogP contribution in [0.3, 0.4) is 0 Å². The predicted octanol–water partition coefficient (Wildman–Crippen LogP) is 4.32. The third-order valence-corrected chi connectivity index (χ3v) is 5.79. The first-order chi connectivity index (χ1) is 8.08. The number of hydrogen-bond donors (Lipinski definition) is 0. The maximum absolute atomic E-state index is 2.82. The van der Waals surface area contributed by atoms with Crippen molar-refractivity contribution in [2.45, 2.75) is 72.3 Å². The Labute approximate surface area is 108 Å². The third-order valence-electron chi connectivity index (χ3n) is 5.79. The summed E-state index contributed by atoms with van der Waals surface area (Å²) in [5.41, 5.74) is 0.559. The average molecular weight is 237 g/mol. The van der Waals surface area contributed by atoms with Gasteiger partial charge in [-0.1, -0.05) is 47.0 Å². The van der Waals surface area contributed by atoms with E-state index in [2.05, 4.69) is 32.6 Å². The number of rotatable bonds is 4. The highest BCUT2D eigenvalue weighted by atomic mass is 15.2. The highest BCUT2D eigenvalue weighted by molar-refractivity contribution is 4.95. The van der Waals surface area contributed by atoms with Gasteiger partial charge in [-0.2, -0.15) is 0 Å². The Bertz CT molecular complexity index is 244. The molecule has 0 aromatic carbocycles. The van der Waals surface area contributed by atoms with Crippen molar-refractivity contribution in [2.24, 2.45) is 17.3 Å². The highest BCUT2D eigenvalue weighted by Gasteiger charge is 2.43. The minimum atomic E-state index is 0.559. The van der Waals surface area contributed by atoms with Crippen LogP contribution in [0.25, 0.3) is 0 Å². The fraction of sp³-hybridized carbons (Fsp3) is 1.00. The van der Waals surface area contributed by atoms with Crippen molar-refractivity contribution in [3.05, 3.63) is 0 Å². The molecule has 2 atom stereocenters. The second-order valence-corrected chi connectivity index (χ2v) is 6.99. The zero-order valence-corrected chi connectivity index (χ0v) is 12.3. The Balaban J connectivity index is 2.03. The van der Waals surface area contributed by atoms with Gasteiger partial charge in [0, 0.05) is 12.6 Å². The van der Waals surface area contributed by atoms with Gasteiger partial charge >= 0.3 is 0 Å². The fourth-order valence-corrected chi connectivity index (χ4v) is 3.84. The first-order valence-corrected chi connectivity index (χ1v) is 7.82. The van der Waals surface area contributed by atoms with Crippen molar-refractivity contribution >= 4 is 0 Å². The van der Waals surface area contributed by atoms with E-state index in [0.717, 1.165) is 17.9 Å². The lowest BCUT2D eigenvalue weighted by atomic mass is 9.63. The zero-order valence-electron chi connectivity index (χ0n) is 12.3. The number of likely N-dealkylation sites (tertiary alicyclic amines) is 1. The van der Waals surface area contributed by atoms with Crippen LogP contribution in [0.1, 0.15) is 66.2 Å². The smallest absolute Gasteiger partial charge is 0.00955 e. The normalized spacial score (nSPS) is 36.2. The van der Waals surface area contributed by atoms with Gasteiger partial charge in [-0.25, -0.2) is 0 Å². The average Bonchev–Trinajstić information content (AvgIpc) is 2.19. The van der Waals surface area contributed by atoms with Crippen LogP contribution in [-0.4, -0.2) is 24.0 Å². The lowest BCUT2D eigenvalue weighted by Gasteiger charge is -2.53. The maximum Gasteiger partial charge on any atom is 0.00955 e. The van der Waals surface area contributed by atoms with Crippen LogP contribution in [0.15, 0.2) is 0 Å². The van der Waals surface area contributed by atoms with E-state index >= 15 is 0 Å². The Hall–Kier alpha value is -0.0400. The van der Waals surface area contributed by atoms with Crippen LogP contribution in [0, 0.1) is 17.3 Å². The third kappa shape index (κ3) is 2.54. The SMILES string of the molecule is CCCC1CCN(C2CCC2)CC1(C)C(C)C. The molecule has 1 aliphatic heterocycles. The van der Waals surface area contributed by atoms with Crippen LogP contribution < -0.4 is 0 Å². The largest absolute Gasteiger partial charge is 0.300 e. The van der Waals surface area contributed by atoms with E-state index in [1.807, 2.05) is 0 Å². The molecule has 2 rings (SSSR count). The van der Waals surface area contributed by atoms with Crippen molar-refractivity contribution < 1.29 is 0 Å². The Morgan fingerprint density at radius 3 is 2.41 bits per heavy atom. The molecular formula is C16H31N. The van der Waals surface area contributed by atoms with Crippen molar-refractivity contribution in [1.82, 2.24) is 4.90 Å². The summed E-state index contributed by atoms with van der Waals surface area (Å²) in [6, 6.07) is 0.940. The lowest BCUT2D eigenvalue weighted by Crippen LogP contribution is -2.54. The molecular weight excluding hydrogens is 206 g/mol. The molecule has 0 radical (unpaired) electrons. The van der Waals surface area contributed by atoms with E-state index < -0.39 is 0 Å². The van der Waals surface area contributed by atoms with Crippen LogP contribution in [0.2, 0.25) is 0 Å². The highest BCUT2D eigenvalue weighted by Crippen LogP contribution is 2.45. The van der Waals surface area contributed by atoms with Gasteiger partial charge in [-0.15, -0.1) is 0 Å². The van der Waals surface area contributed by atoms with Crippen molar-refractivity contribution in [1.29, 1.82) is 0 Å². The van der Waals surface area contributed by atoms with Gasteiger partial charge in [-0.05, 0) is 43.1 Å². The number of hydrogen-bond acceptors (Lipinski definition) is 1. The van der Waals surface area contributed by atoms with E-state index in [4.69, 9.17) is 0 Å². The van der Waals surface area contributed by atoms with Gasteiger partial charge in [0.2, 0.25) is 0 Å². The van der Waals surface area contributed by atoms with Gasteiger partial charge in [0.15, 0.2) is 0 Å². The first kappa shape index (κ1) is 13.4. The minimum absolute atomic E-state index is 0.559. The van der Waals surface area contributed by atoms with Crippen molar-refractivity contribution in [3.63, 3.8) is 0 Å². The molecule has 0 amide bonds. The van der Waals surface area contributed by atoms with Gasteiger partial charge in [0.25, 0.3) is 0 Å². The summed E-state index contributed by atoms with van der Waals surface area (Å²) in [4.78, 5) is 2.82. The first-order valence-electron chi connectivity index (χ1n) is 7.82. The molecule has 1 aliphatic carbocycles. The summed E-state index contributed by atoms with van der Waals surface area (Å²) in [5, 5.41) is 0. The predicted molar refractivity (Wildman–Crippen MR) is 75.2 cm³/mol. The van der Waals surface area contributed by atoms with E-state index in [9.17, 15) is 0 Å². The quantitative estimate of drug-likeness (QED) is 0.703. The molecule has 0 aromatic rings. The molecule has 2 fully saturated rings. The Morgan fingerprint density at radius 2 is 1.94 bits per heavy atom. The fourth-order valence-electron chi connectivity index (χ4n) is 3.84. The second kappa shape index (κ2) is 5.30. The standard InChI is InChI=1S/C16H31N/c1-5-7-14-10-11-17(15-8-6-9-15)12-16(14,4)13(2)3/h13-15H,5-12H2,1-4H3. The molecule has 0 bridgehead atoms. The Kier molecular flexibility index (Phi) is 4.18. The molecule has 100 valence electrons. The summed E-state index contributed by atoms with van der Waals surface area (Å²) in [6.07, 6.45) is 8.64. The molecule has 1 saturated carbocycles. The van der Waals surface area contributed by atoms with Crippen LogP contribution >= 0.6 is 0 Å². The van der Waals surface area contributed by atoms with E-state index in [0.29, 0.717) is 5.41 Å². The summed E-state index contributed by atoms with van der Waals surface area (Å²) < 4.78 is 0. The van der Waals surface area contributed by atoms with E-state index in [-0.39, 0.29) is 0 Å². The van der Waals surface area contributed by atoms with Gasteiger partial charge in [0.05, 0.1) is 0 Å². The summed E-state index contributed by atoms with van der Waals surface area (Å²) in [7, 11) is 0. The summed E-state index contributed by atoms with van der Waals surface area (Å²) in [5.74, 6) is 1.78. The van der Waals surface area contributed by atoms with Gasteiger partial charge in [0.1, 0.15) is 0 Å². The molecule has 1 heteroatoms. The summed E-state index contributed by atoms with van der Waals surface area (Å²) >= 11 is 0. The minimum Gasteiger partial charge on any atom is -0.300 e. The maximum atomic E-state index is 2.82. The Morgan fingerprint density at radius 1 is 1.24 bits per heavy atom. The molecule has 0 aromatic heterocycles. The van der Waals surface area contributed by atoms with Gasteiger partial charge < -0.3 is 0 Å². The zero-order chi connectivity index (χ0) is 12.5. The van der Waals surface area contributed by atoms with E-state index in [1.165, 1.54) is 51.6 Å². The molecule has 17 heavy (non-hydrogen) atoms. The molecule has 0 spiro atoms. The number of piperidine rings is 1.